The summed E-state index contributed by atoms with van der Waals surface area (Å²) in [7, 11) is 1.61. The summed E-state index contributed by atoms with van der Waals surface area (Å²) in [4.78, 5) is 20.5. The number of anilines is 1. The van der Waals surface area contributed by atoms with E-state index in [-0.39, 0.29) is 5.91 Å². The van der Waals surface area contributed by atoms with Crippen LogP contribution in [-0.2, 0) is 9.53 Å². The maximum atomic E-state index is 11.8. The quantitative estimate of drug-likeness (QED) is 0.752. The van der Waals surface area contributed by atoms with E-state index in [1.165, 1.54) is 0 Å². The Labute approximate surface area is 136 Å². The van der Waals surface area contributed by atoms with E-state index in [0.717, 1.165) is 37.7 Å². The van der Waals surface area contributed by atoms with E-state index in [9.17, 15) is 10.1 Å². The molecule has 2 rings (SSSR count). The van der Waals surface area contributed by atoms with E-state index >= 15 is 0 Å². The number of nitrogens with zero attached hydrogens (tertiary/aromatic N) is 4. The topological polar surface area (TPSA) is 81.5 Å². The zero-order chi connectivity index (χ0) is 16.7. The third kappa shape index (κ3) is 4.91. The first kappa shape index (κ1) is 17.2. The fraction of sp³-hybridized carbons (Fsp3) is 0.562. The molecule has 1 amide bonds. The molecule has 7 nitrogen and oxygen atoms in total. The second-order valence-corrected chi connectivity index (χ2v) is 5.54. The van der Waals surface area contributed by atoms with Gasteiger partial charge in [-0.05, 0) is 19.1 Å². The van der Waals surface area contributed by atoms with Gasteiger partial charge >= 0.3 is 0 Å². The van der Waals surface area contributed by atoms with Crippen LogP contribution < -0.4 is 10.2 Å². The van der Waals surface area contributed by atoms with Gasteiger partial charge in [0.2, 0.25) is 5.91 Å². The highest BCUT2D eigenvalue weighted by Crippen LogP contribution is 2.19. The molecule has 23 heavy (non-hydrogen) atoms. The lowest BCUT2D eigenvalue weighted by atomic mass is 10.2. The smallest absolute Gasteiger partial charge is 0.234 e. The van der Waals surface area contributed by atoms with Crippen LogP contribution in [0.25, 0.3) is 0 Å². The zero-order valence-corrected chi connectivity index (χ0v) is 13.7. The van der Waals surface area contributed by atoms with Gasteiger partial charge in [-0.2, -0.15) is 5.26 Å². The predicted molar refractivity (Wildman–Crippen MR) is 87.2 cm³/mol. The molecule has 1 aromatic heterocycles. The number of hydrogen-bond acceptors (Lipinski definition) is 6. The summed E-state index contributed by atoms with van der Waals surface area (Å²) in [5.74, 6) is 0.763. The summed E-state index contributed by atoms with van der Waals surface area (Å²) in [6, 6.07) is 5.86. The average molecular weight is 317 g/mol. The molecule has 1 fully saturated rings. The number of nitrogens with one attached hydrogen (secondary N) is 1. The van der Waals surface area contributed by atoms with Crippen molar-refractivity contribution < 1.29 is 9.53 Å². The van der Waals surface area contributed by atoms with E-state index in [1.54, 1.807) is 7.11 Å². The Hall–Kier alpha value is -2.17. The minimum Gasteiger partial charge on any atom is -0.383 e. The molecule has 124 valence electrons. The molecule has 2 heterocycles. The first-order valence-electron chi connectivity index (χ1n) is 7.74. The molecule has 0 atom stereocenters. The van der Waals surface area contributed by atoms with Gasteiger partial charge in [-0.1, -0.05) is 0 Å². The number of aromatic nitrogens is 1. The van der Waals surface area contributed by atoms with Crippen LogP contribution in [0.4, 0.5) is 5.82 Å². The Morgan fingerprint density at radius 2 is 2.13 bits per heavy atom. The molecule has 0 spiro atoms. The Morgan fingerprint density at radius 1 is 1.39 bits per heavy atom. The molecule has 0 aromatic carbocycles. The third-order valence-electron chi connectivity index (χ3n) is 3.80. The van der Waals surface area contributed by atoms with E-state index in [1.807, 2.05) is 19.1 Å². The minimum absolute atomic E-state index is 0.0156. The lowest BCUT2D eigenvalue weighted by molar-refractivity contribution is -0.122. The van der Waals surface area contributed by atoms with Crippen LogP contribution in [-0.4, -0.2) is 68.8 Å². The monoisotopic (exact) mass is 317 g/mol. The predicted octanol–water partition coefficient (Wildman–Crippen LogP) is 0.146. The largest absolute Gasteiger partial charge is 0.383 e. The second-order valence-electron chi connectivity index (χ2n) is 5.54. The third-order valence-corrected chi connectivity index (χ3v) is 3.80. The normalized spacial score (nSPS) is 15.3. The van der Waals surface area contributed by atoms with Crippen LogP contribution >= 0.6 is 0 Å². The molecular formula is C16H23N5O2. The van der Waals surface area contributed by atoms with Crippen molar-refractivity contribution in [3.05, 3.63) is 23.4 Å². The number of hydrogen-bond donors (Lipinski definition) is 1. The molecule has 0 saturated carbocycles. The highest BCUT2D eigenvalue weighted by Gasteiger charge is 2.21. The number of nitriles is 1. The number of carbonyl (C=O) groups is 1. The van der Waals surface area contributed by atoms with Crippen molar-refractivity contribution in [2.45, 2.75) is 6.92 Å². The maximum absolute atomic E-state index is 11.8. The van der Waals surface area contributed by atoms with E-state index in [0.29, 0.717) is 25.3 Å². The molecular weight excluding hydrogens is 294 g/mol. The molecule has 7 heteroatoms. The lowest BCUT2D eigenvalue weighted by Gasteiger charge is -2.35. The van der Waals surface area contributed by atoms with Gasteiger partial charge in [0.15, 0.2) is 0 Å². The fourth-order valence-electron chi connectivity index (χ4n) is 2.54. The van der Waals surface area contributed by atoms with Crippen LogP contribution in [0, 0.1) is 18.3 Å². The SMILES string of the molecule is COCCNC(=O)CN1CCN(c2nc(C)ccc2C#N)CC1. The number of aryl methyl sites for hydroxylation is 1. The number of piperazine rings is 1. The van der Waals surface area contributed by atoms with Crippen LogP contribution in [0.5, 0.6) is 0 Å². The van der Waals surface area contributed by atoms with Crippen molar-refractivity contribution in [3.8, 4) is 6.07 Å². The number of ether oxygens (including phenoxy) is 1. The highest BCUT2D eigenvalue weighted by molar-refractivity contribution is 5.78. The van der Waals surface area contributed by atoms with Crippen molar-refractivity contribution in [3.63, 3.8) is 0 Å². The van der Waals surface area contributed by atoms with Crippen LogP contribution in [0.3, 0.4) is 0 Å². The summed E-state index contributed by atoms with van der Waals surface area (Å²) in [5.41, 5.74) is 1.50. The second kappa shape index (κ2) is 8.46. The molecule has 0 unspecified atom stereocenters. The summed E-state index contributed by atoms with van der Waals surface area (Å²) < 4.78 is 4.91. The Morgan fingerprint density at radius 3 is 2.78 bits per heavy atom. The summed E-state index contributed by atoms with van der Waals surface area (Å²) in [6.45, 7) is 6.45. The van der Waals surface area contributed by atoms with Gasteiger partial charge in [0.25, 0.3) is 0 Å². The first-order chi connectivity index (χ1) is 11.1. The van der Waals surface area contributed by atoms with Crippen LogP contribution in [0.1, 0.15) is 11.3 Å². The molecule has 1 N–H and O–H groups in total. The highest BCUT2D eigenvalue weighted by atomic mass is 16.5. The summed E-state index contributed by atoms with van der Waals surface area (Å²) in [6.07, 6.45) is 0. The van der Waals surface area contributed by atoms with Gasteiger partial charge in [0.1, 0.15) is 11.9 Å². The van der Waals surface area contributed by atoms with Gasteiger partial charge < -0.3 is 15.0 Å². The van der Waals surface area contributed by atoms with Gasteiger partial charge in [-0.15, -0.1) is 0 Å². The molecule has 1 aliphatic heterocycles. The zero-order valence-electron chi connectivity index (χ0n) is 13.7. The van der Waals surface area contributed by atoms with Crippen molar-refractivity contribution in [2.24, 2.45) is 0 Å². The van der Waals surface area contributed by atoms with Crippen molar-refractivity contribution in [1.29, 1.82) is 5.26 Å². The van der Waals surface area contributed by atoms with Crippen LogP contribution in [0.2, 0.25) is 0 Å². The van der Waals surface area contributed by atoms with Crippen molar-refractivity contribution in [2.75, 3.05) is 57.9 Å². The van der Waals surface area contributed by atoms with E-state index < -0.39 is 0 Å². The van der Waals surface area contributed by atoms with Gasteiger partial charge in [0.05, 0.1) is 18.7 Å². The standard InChI is InChI=1S/C16H23N5O2/c1-13-3-4-14(11-17)16(19-13)21-8-6-20(7-9-21)12-15(22)18-5-10-23-2/h3-4H,5-10,12H2,1-2H3,(H,18,22). The number of pyridine rings is 1. The average Bonchev–Trinajstić information content (AvgIpc) is 2.56. The maximum Gasteiger partial charge on any atom is 0.234 e. The Balaban J connectivity index is 1.86. The molecule has 0 bridgehead atoms. The molecule has 1 saturated heterocycles. The summed E-state index contributed by atoms with van der Waals surface area (Å²) >= 11 is 0. The van der Waals surface area contributed by atoms with E-state index in [2.05, 4.69) is 26.2 Å². The number of methoxy groups -OCH3 is 1. The molecule has 1 aliphatic rings. The first-order valence-corrected chi connectivity index (χ1v) is 7.74. The Bertz CT molecular complexity index is 576. The number of rotatable bonds is 6. The number of carbonyl (C=O) groups excluding carboxylic acids is 1. The van der Waals surface area contributed by atoms with Gasteiger partial charge in [-0.3, -0.25) is 9.69 Å². The fourth-order valence-corrected chi connectivity index (χ4v) is 2.54. The van der Waals surface area contributed by atoms with Gasteiger partial charge in [0, 0.05) is 45.5 Å². The van der Waals surface area contributed by atoms with Crippen LogP contribution in [0.15, 0.2) is 12.1 Å². The summed E-state index contributed by atoms with van der Waals surface area (Å²) in [5, 5.41) is 12.0. The van der Waals surface area contributed by atoms with Crippen molar-refractivity contribution in [1.82, 2.24) is 15.2 Å². The lowest BCUT2D eigenvalue weighted by Crippen LogP contribution is -2.50. The molecule has 0 aliphatic carbocycles. The van der Waals surface area contributed by atoms with Crippen molar-refractivity contribution >= 4 is 11.7 Å². The van der Waals surface area contributed by atoms with Gasteiger partial charge in [-0.25, -0.2) is 4.98 Å². The molecule has 0 radical (unpaired) electrons. The Kier molecular flexibility index (Phi) is 6.32. The number of amides is 1. The molecule has 1 aromatic rings. The minimum atomic E-state index is 0.0156. The van der Waals surface area contributed by atoms with E-state index in [4.69, 9.17) is 4.74 Å².